The van der Waals surface area contributed by atoms with Gasteiger partial charge < -0.3 is 9.64 Å². The number of benzene rings is 2. The van der Waals surface area contributed by atoms with Crippen LogP contribution in [0, 0.1) is 13.8 Å². The monoisotopic (exact) mass is 460 g/mol. The molecular formula is C25H24N4O3S. The van der Waals surface area contributed by atoms with Crippen LogP contribution < -0.4 is 5.32 Å². The van der Waals surface area contributed by atoms with E-state index in [1.165, 1.54) is 11.3 Å². The highest BCUT2D eigenvalue weighted by Gasteiger charge is 2.26. The van der Waals surface area contributed by atoms with Crippen LogP contribution in [0.2, 0.25) is 0 Å². The number of carbonyl (C=O) groups excluding carboxylic acids is 2. The number of pyridine rings is 1. The molecule has 0 spiro atoms. The number of likely N-dealkylation sites (N-methyl/N-ethyl adjacent to an activating group) is 1. The topological polar surface area (TPSA) is 84.4 Å². The van der Waals surface area contributed by atoms with Crippen LogP contribution in [0.3, 0.4) is 0 Å². The lowest BCUT2D eigenvalue weighted by Gasteiger charge is -2.26. The van der Waals surface area contributed by atoms with Crippen molar-refractivity contribution < 1.29 is 14.3 Å². The van der Waals surface area contributed by atoms with Crippen LogP contribution in [0.1, 0.15) is 32.7 Å². The number of fused-ring (bicyclic) bond motifs is 3. The van der Waals surface area contributed by atoms with Gasteiger partial charge in [0.15, 0.2) is 11.7 Å². The largest absolute Gasteiger partial charge is 0.452 e. The number of rotatable bonds is 4. The Morgan fingerprint density at radius 1 is 1.18 bits per heavy atom. The number of anilines is 1. The van der Waals surface area contributed by atoms with Crippen LogP contribution in [-0.2, 0) is 22.5 Å². The summed E-state index contributed by atoms with van der Waals surface area (Å²) in [4.78, 5) is 37.1. The SMILES string of the molecule is Cc1cc(C)c2nc(NC(=O)COC(=O)c3c4c(nc5ccccc35)CCN(C)C4)sc2c1. The lowest BCUT2D eigenvalue weighted by Crippen LogP contribution is -2.30. The van der Waals surface area contributed by atoms with E-state index in [1.54, 1.807) is 0 Å². The highest BCUT2D eigenvalue weighted by Crippen LogP contribution is 2.30. The fourth-order valence-corrected chi connectivity index (χ4v) is 5.40. The maximum absolute atomic E-state index is 13.2. The Labute approximate surface area is 195 Å². The normalized spacial score (nSPS) is 13.8. The number of hydrogen-bond acceptors (Lipinski definition) is 7. The molecule has 8 heteroatoms. The van der Waals surface area contributed by atoms with Gasteiger partial charge in [-0.1, -0.05) is 35.6 Å². The molecule has 168 valence electrons. The van der Waals surface area contributed by atoms with Crippen LogP contribution in [0.15, 0.2) is 36.4 Å². The Hall–Kier alpha value is -3.36. The summed E-state index contributed by atoms with van der Waals surface area (Å²) in [5.41, 5.74) is 6.14. The van der Waals surface area contributed by atoms with Gasteiger partial charge in [-0.3, -0.25) is 15.1 Å². The van der Waals surface area contributed by atoms with E-state index < -0.39 is 11.9 Å². The molecule has 1 aliphatic heterocycles. The Morgan fingerprint density at radius 2 is 2.00 bits per heavy atom. The number of hydrogen-bond donors (Lipinski definition) is 1. The van der Waals surface area contributed by atoms with Crippen molar-refractivity contribution in [2.75, 3.05) is 25.5 Å². The molecule has 33 heavy (non-hydrogen) atoms. The average molecular weight is 461 g/mol. The first-order chi connectivity index (χ1) is 15.9. The lowest BCUT2D eigenvalue weighted by atomic mass is 9.96. The molecule has 1 N–H and O–H groups in total. The third-order valence-corrected chi connectivity index (χ3v) is 6.77. The molecule has 4 aromatic rings. The minimum atomic E-state index is -0.508. The summed E-state index contributed by atoms with van der Waals surface area (Å²) in [7, 11) is 2.02. The fourth-order valence-electron chi connectivity index (χ4n) is 4.34. The number of thiazole rings is 1. The molecular weight excluding hydrogens is 436 g/mol. The second-order valence-corrected chi connectivity index (χ2v) is 9.52. The smallest absolute Gasteiger partial charge is 0.339 e. The second-order valence-electron chi connectivity index (χ2n) is 8.49. The van der Waals surface area contributed by atoms with Crippen molar-refractivity contribution in [2.45, 2.75) is 26.8 Å². The van der Waals surface area contributed by atoms with Gasteiger partial charge in [0.05, 0.1) is 21.3 Å². The van der Waals surface area contributed by atoms with Crippen molar-refractivity contribution in [1.29, 1.82) is 0 Å². The first kappa shape index (κ1) is 21.5. The van der Waals surface area contributed by atoms with E-state index in [2.05, 4.69) is 21.3 Å². The molecule has 1 amide bonds. The zero-order valence-electron chi connectivity index (χ0n) is 18.8. The van der Waals surface area contributed by atoms with Crippen molar-refractivity contribution in [2.24, 2.45) is 0 Å². The molecule has 7 nitrogen and oxygen atoms in total. The summed E-state index contributed by atoms with van der Waals surface area (Å²) in [6.07, 6.45) is 0.772. The van der Waals surface area contributed by atoms with Crippen LogP contribution in [0.5, 0.6) is 0 Å². The third kappa shape index (κ3) is 4.19. The fraction of sp³-hybridized carbons (Fsp3) is 0.280. The van der Waals surface area contributed by atoms with E-state index in [4.69, 9.17) is 9.72 Å². The average Bonchev–Trinajstić information content (AvgIpc) is 3.18. The van der Waals surface area contributed by atoms with Gasteiger partial charge in [0.25, 0.3) is 5.91 Å². The zero-order valence-corrected chi connectivity index (χ0v) is 19.6. The molecule has 0 aliphatic carbocycles. The molecule has 0 fully saturated rings. The molecule has 2 aromatic heterocycles. The van der Waals surface area contributed by atoms with E-state index in [0.717, 1.165) is 56.5 Å². The Kier molecular flexibility index (Phi) is 5.55. The number of carbonyl (C=O) groups is 2. The summed E-state index contributed by atoms with van der Waals surface area (Å²) in [6, 6.07) is 11.7. The second kappa shape index (κ2) is 8.53. The number of aryl methyl sites for hydroxylation is 2. The summed E-state index contributed by atoms with van der Waals surface area (Å²) < 4.78 is 6.48. The molecule has 5 rings (SSSR count). The number of ether oxygens (including phenoxy) is 1. The van der Waals surface area contributed by atoms with Crippen molar-refractivity contribution in [1.82, 2.24) is 14.9 Å². The predicted molar refractivity (Wildman–Crippen MR) is 130 cm³/mol. The molecule has 0 saturated carbocycles. The van der Waals surface area contributed by atoms with Crippen LogP contribution >= 0.6 is 11.3 Å². The van der Waals surface area contributed by atoms with Crippen LogP contribution in [0.25, 0.3) is 21.1 Å². The lowest BCUT2D eigenvalue weighted by molar-refractivity contribution is -0.119. The van der Waals surface area contributed by atoms with E-state index in [-0.39, 0.29) is 6.61 Å². The molecule has 0 unspecified atom stereocenters. The summed E-state index contributed by atoms with van der Waals surface area (Å²) in [5.74, 6) is -0.924. The molecule has 0 radical (unpaired) electrons. The van der Waals surface area contributed by atoms with Gasteiger partial charge in [-0.05, 0) is 44.2 Å². The van der Waals surface area contributed by atoms with Crippen LogP contribution in [0.4, 0.5) is 5.13 Å². The van der Waals surface area contributed by atoms with E-state index >= 15 is 0 Å². The number of aromatic nitrogens is 2. The first-order valence-corrected chi connectivity index (χ1v) is 11.6. The maximum Gasteiger partial charge on any atom is 0.339 e. The molecule has 0 atom stereocenters. The summed E-state index contributed by atoms with van der Waals surface area (Å²) in [6.45, 7) is 5.15. The highest BCUT2D eigenvalue weighted by molar-refractivity contribution is 7.22. The number of amides is 1. The summed E-state index contributed by atoms with van der Waals surface area (Å²) >= 11 is 1.41. The standard InChI is InChI=1S/C25H24N4O3S/c1-14-10-15(2)23-20(11-14)33-25(28-23)27-21(30)13-32-24(31)22-16-6-4-5-7-18(16)26-19-8-9-29(3)12-17(19)22/h4-7,10-11H,8-9,12-13H2,1-3H3,(H,27,28,30). The highest BCUT2D eigenvalue weighted by atomic mass is 32.1. The minimum Gasteiger partial charge on any atom is -0.452 e. The Balaban J connectivity index is 1.36. The van der Waals surface area contributed by atoms with Crippen molar-refractivity contribution in [3.05, 3.63) is 64.3 Å². The molecule has 0 bridgehead atoms. The van der Waals surface area contributed by atoms with Gasteiger partial charge in [-0.2, -0.15) is 0 Å². The Morgan fingerprint density at radius 3 is 2.85 bits per heavy atom. The Bertz CT molecular complexity index is 1410. The van der Waals surface area contributed by atoms with Gasteiger partial charge in [0.1, 0.15) is 0 Å². The number of esters is 1. The molecule has 0 saturated heterocycles. The third-order valence-electron chi connectivity index (χ3n) is 5.85. The number of nitrogens with one attached hydrogen (secondary N) is 1. The predicted octanol–water partition coefficient (Wildman–Crippen LogP) is 4.24. The van der Waals surface area contributed by atoms with Crippen molar-refractivity contribution in [3.8, 4) is 0 Å². The van der Waals surface area contributed by atoms with Crippen molar-refractivity contribution in [3.63, 3.8) is 0 Å². The number of nitrogens with zero attached hydrogens (tertiary/aromatic N) is 3. The number of para-hydroxylation sites is 1. The maximum atomic E-state index is 13.2. The van der Waals surface area contributed by atoms with Gasteiger partial charge >= 0.3 is 5.97 Å². The summed E-state index contributed by atoms with van der Waals surface area (Å²) in [5, 5.41) is 4.00. The van der Waals surface area contributed by atoms with Crippen LogP contribution in [-0.4, -0.2) is 46.9 Å². The van der Waals surface area contributed by atoms with Gasteiger partial charge in [-0.15, -0.1) is 0 Å². The van der Waals surface area contributed by atoms with E-state index in [9.17, 15) is 9.59 Å². The molecule has 1 aliphatic rings. The van der Waals surface area contributed by atoms with Gasteiger partial charge in [0, 0.05) is 36.2 Å². The quantitative estimate of drug-likeness (QED) is 0.459. The first-order valence-electron chi connectivity index (χ1n) is 10.8. The molecule has 3 heterocycles. The minimum absolute atomic E-state index is 0.381. The van der Waals surface area contributed by atoms with E-state index in [0.29, 0.717) is 17.2 Å². The van der Waals surface area contributed by atoms with Crippen molar-refractivity contribution >= 4 is 49.5 Å². The van der Waals surface area contributed by atoms with Gasteiger partial charge in [-0.25, -0.2) is 9.78 Å². The van der Waals surface area contributed by atoms with E-state index in [1.807, 2.05) is 51.2 Å². The molecule has 2 aromatic carbocycles. The zero-order chi connectivity index (χ0) is 23.1. The van der Waals surface area contributed by atoms with Gasteiger partial charge in [0.2, 0.25) is 0 Å².